The van der Waals surface area contributed by atoms with Gasteiger partial charge in [-0.05, 0) is 61.7 Å². The van der Waals surface area contributed by atoms with Crippen LogP contribution in [0.15, 0.2) is 42.5 Å². The van der Waals surface area contributed by atoms with E-state index in [1.165, 1.54) is 0 Å². The number of esters is 2. The molecule has 0 aliphatic heterocycles. The maximum Gasteiger partial charge on any atom is 0.338 e. The van der Waals surface area contributed by atoms with Gasteiger partial charge in [0, 0.05) is 17.8 Å². The number of amides is 2. The molecule has 0 atom stereocenters. The summed E-state index contributed by atoms with van der Waals surface area (Å²) in [5.74, 6) is -1.89. The SMILES string of the molecule is CCCCOC(=O)c1ccc(NC(=O)CCC(=O)OCC(=O)Nc2cc(C)ccc2C)cc1. The highest BCUT2D eigenvalue weighted by Gasteiger charge is 2.12. The van der Waals surface area contributed by atoms with Crippen molar-refractivity contribution < 1.29 is 28.7 Å². The van der Waals surface area contributed by atoms with E-state index in [1.807, 2.05) is 39.0 Å². The molecule has 2 rings (SSSR count). The first-order valence-corrected chi connectivity index (χ1v) is 10.9. The number of nitrogens with one attached hydrogen (secondary N) is 2. The summed E-state index contributed by atoms with van der Waals surface area (Å²) >= 11 is 0. The Morgan fingerprint density at radius 1 is 0.848 bits per heavy atom. The monoisotopic (exact) mass is 454 g/mol. The Hall–Kier alpha value is -3.68. The Morgan fingerprint density at radius 2 is 1.58 bits per heavy atom. The van der Waals surface area contributed by atoms with Crippen molar-refractivity contribution in [2.75, 3.05) is 23.8 Å². The van der Waals surface area contributed by atoms with E-state index in [-0.39, 0.29) is 18.7 Å². The van der Waals surface area contributed by atoms with Crippen LogP contribution in [-0.4, -0.2) is 37.0 Å². The summed E-state index contributed by atoms with van der Waals surface area (Å²) in [7, 11) is 0. The van der Waals surface area contributed by atoms with E-state index in [2.05, 4.69) is 10.6 Å². The maximum absolute atomic E-state index is 12.1. The van der Waals surface area contributed by atoms with Crippen LogP contribution in [0.25, 0.3) is 0 Å². The second kappa shape index (κ2) is 13.0. The van der Waals surface area contributed by atoms with Gasteiger partial charge in [0.15, 0.2) is 6.61 Å². The number of anilines is 2. The number of hydrogen-bond acceptors (Lipinski definition) is 6. The van der Waals surface area contributed by atoms with Crippen molar-refractivity contribution in [2.24, 2.45) is 0 Å². The van der Waals surface area contributed by atoms with Gasteiger partial charge in [-0.2, -0.15) is 0 Å². The normalized spacial score (nSPS) is 10.3. The summed E-state index contributed by atoms with van der Waals surface area (Å²) in [5, 5.41) is 5.35. The molecule has 176 valence electrons. The fourth-order valence-electron chi connectivity index (χ4n) is 2.80. The largest absolute Gasteiger partial charge is 0.462 e. The van der Waals surface area contributed by atoms with Crippen molar-refractivity contribution in [1.82, 2.24) is 0 Å². The Morgan fingerprint density at radius 3 is 2.27 bits per heavy atom. The summed E-state index contributed by atoms with van der Waals surface area (Å²) in [6.07, 6.45) is 1.48. The second-order valence-corrected chi connectivity index (χ2v) is 7.64. The molecule has 2 aromatic rings. The Labute approximate surface area is 193 Å². The number of unbranched alkanes of at least 4 members (excludes halogenated alkanes) is 1. The first kappa shape index (κ1) is 25.6. The Kier molecular flexibility index (Phi) is 10.1. The molecule has 0 aliphatic carbocycles. The van der Waals surface area contributed by atoms with Gasteiger partial charge >= 0.3 is 11.9 Å². The van der Waals surface area contributed by atoms with E-state index in [4.69, 9.17) is 9.47 Å². The van der Waals surface area contributed by atoms with Crippen LogP contribution in [-0.2, 0) is 23.9 Å². The summed E-state index contributed by atoms with van der Waals surface area (Å²) in [5.41, 5.74) is 3.45. The molecule has 2 aromatic carbocycles. The van der Waals surface area contributed by atoms with Crippen molar-refractivity contribution in [3.05, 3.63) is 59.2 Å². The summed E-state index contributed by atoms with van der Waals surface area (Å²) in [6, 6.07) is 12.0. The number of hydrogen-bond donors (Lipinski definition) is 2. The molecular weight excluding hydrogens is 424 g/mol. The van der Waals surface area contributed by atoms with E-state index in [1.54, 1.807) is 24.3 Å². The van der Waals surface area contributed by atoms with Gasteiger partial charge < -0.3 is 20.1 Å². The molecule has 0 fully saturated rings. The van der Waals surface area contributed by atoms with Gasteiger partial charge in [-0.1, -0.05) is 25.5 Å². The molecule has 2 N–H and O–H groups in total. The number of ether oxygens (including phenoxy) is 2. The van der Waals surface area contributed by atoms with Crippen molar-refractivity contribution in [3.8, 4) is 0 Å². The van der Waals surface area contributed by atoms with Gasteiger partial charge in [-0.15, -0.1) is 0 Å². The highest BCUT2D eigenvalue weighted by molar-refractivity contribution is 5.95. The molecule has 0 saturated heterocycles. The lowest BCUT2D eigenvalue weighted by atomic mass is 10.1. The molecule has 0 radical (unpaired) electrons. The van der Waals surface area contributed by atoms with Crippen LogP contribution in [0.3, 0.4) is 0 Å². The van der Waals surface area contributed by atoms with Gasteiger partial charge in [0.1, 0.15) is 0 Å². The number of benzene rings is 2. The highest BCUT2D eigenvalue weighted by atomic mass is 16.5. The molecule has 0 aliphatic rings. The molecule has 8 heteroatoms. The molecule has 0 heterocycles. The minimum atomic E-state index is -0.647. The molecule has 0 bridgehead atoms. The maximum atomic E-state index is 12.1. The van der Waals surface area contributed by atoms with Crippen molar-refractivity contribution in [3.63, 3.8) is 0 Å². The Bertz CT molecular complexity index is 985. The van der Waals surface area contributed by atoms with E-state index in [9.17, 15) is 19.2 Å². The molecular formula is C25H30N2O6. The lowest BCUT2D eigenvalue weighted by Gasteiger charge is -2.10. The quantitative estimate of drug-likeness (QED) is 0.390. The van der Waals surface area contributed by atoms with Gasteiger partial charge in [-0.3, -0.25) is 14.4 Å². The van der Waals surface area contributed by atoms with Crippen LogP contribution in [0.2, 0.25) is 0 Å². The second-order valence-electron chi connectivity index (χ2n) is 7.64. The molecule has 0 unspecified atom stereocenters. The third-order valence-corrected chi connectivity index (χ3v) is 4.72. The fraction of sp³-hybridized carbons (Fsp3) is 0.360. The standard InChI is InChI=1S/C25H30N2O6/c1-4-5-14-32-25(31)19-8-10-20(11-9-19)26-22(28)12-13-24(30)33-16-23(29)27-21-15-17(2)6-7-18(21)3/h6-11,15H,4-5,12-14,16H2,1-3H3,(H,26,28)(H,27,29). The lowest BCUT2D eigenvalue weighted by molar-refractivity contribution is -0.147. The third kappa shape index (κ3) is 9.14. The van der Waals surface area contributed by atoms with Gasteiger partial charge in [-0.25, -0.2) is 4.79 Å². The smallest absolute Gasteiger partial charge is 0.338 e. The predicted octanol–water partition coefficient (Wildman–Crippen LogP) is 4.16. The van der Waals surface area contributed by atoms with Crippen LogP contribution in [0.4, 0.5) is 11.4 Å². The first-order valence-electron chi connectivity index (χ1n) is 10.9. The number of rotatable bonds is 11. The summed E-state index contributed by atoms with van der Waals surface area (Å²) in [6.45, 7) is 5.74. The molecule has 0 saturated carbocycles. The third-order valence-electron chi connectivity index (χ3n) is 4.72. The lowest BCUT2D eigenvalue weighted by Crippen LogP contribution is -2.22. The summed E-state index contributed by atoms with van der Waals surface area (Å²) in [4.78, 5) is 47.8. The van der Waals surface area contributed by atoms with Crippen molar-refractivity contribution >= 4 is 35.1 Å². The molecule has 8 nitrogen and oxygen atoms in total. The van der Waals surface area contributed by atoms with E-state index in [0.717, 1.165) is 24.0 Å². The zero-order valence-electron chi connectivity index (χ0n) is 19.2. The van der Waals surface area contributed by atoms with Gasteiger partial charge in [0.05, 0.1) is 18.6 Å². The Balaban J connectivity index is 1.70. The average Bonchev–Trinajstić information content (AvgIpc) is 2.79. The number of aryl methyl sites for hydroxylation is 2. The van der Waals surface area contributed by atoms with Crippen LogP contribution >= 0.6 is 0 Å². The van der Waals surface area contributed by atoms with Crippen molar-refractivity contribution in [2.45, 2.75) is 46.5 Å². The zero-order chi connectivity index (χ0) is 24.2. The minimum absolute atomic E-state index is 0.0990. The van der Waals surface area contributed by atoms with E-state index < -0.39 is 24.5 Å². The van der Waals surface area contributed by atoms with Crippen molar-refractivity contribution in [1.29, 1.82) is 0 Å². The minimum Gasteiger partial charge on any atom is -0.462 e. The van der Waals surface area contributed by atoms with Gasteiger partial charge in [0.25, 0.3) is 5.91 Å². The topological polar surface area (TPSA) is 111 Å². The van der Waals surface area contributed by atoms with E-state index in [0.29, 0.717) is 23.5 Å². The zero-order valence-corrected chi connectivity index (χ0v) is 19.2. The highest BCUT2D eigenvalue weighted by Crippen LogP contribution is 2.16. The van der Waals surface area contributed by atoms with Crippen LogP contribution < -0.4 is 10.6 Å². The summed E-state index contributed by atoms with van der Waals surface area (Å²) < 4.78 is 10.1. The van der Waals surface area contributed by atoms with Crippen LogP contribution in [0.1, 0.15) is 54.1 Å². The van der Waals surface area contributed by atoms with Gasteiger partial charge in [0.2, 0.25) is 5.91 Å². The van der Waals surface area contributed by atoms with Crippen LogP contribution in [0.5, 0.6) is 0 Å². The van der Waals surface area contributed by atoms with E-state index >= 15 is 0 Å². The average molecular weight is 455 g/mol. The number of carbonyl (C=O) groups excluding carboxylic acids is 4. The van der Waals surface area contributed by atoms with Crippen LogP contribution in [0, 0.1) is 13.8 Å². The number of carbonyl (C=O) groups is 4. The molecule has 0 spiro atoms. The fourth-order valence-corrected chi connectivity index (χ4v) is 2.80. The molecule has 33 heavy (non-hydrogen) atoms. The first-order chi connectivity index (χ1) is 15.8. The predicted molar refractivity (Wildman–Crippen MR) is 125 cm³/mol. The molecule has 2 amide bonds. The molecule has 0 aromatic heterocycles.